The van der Waals surface area contributed by atoms with E-state index in [9.17, 15) is 33.9 Å². The smallest absolute Gasteiger partial charge is 0.371 e. The molecule has 0 atom stereocenters. The first-order chi connectivity index (χ1) is 66.8. The van der Waals surface area contributed by atoms with Crippen molar-refractivity contribution in [1.29, 1.82) is 0 Å². The second kappa shape index (κ2) is 58.5. The van der Waals surface area contributed by atoms with Crippen LogP contribution in [0.5, 0.6) is 40.2 Å². The number of rotatable bonds is 30. The third-order valence-electron chi connectivity index (χ3n) is 21.7. The average molecular weight is 2020 g/mol. The number of carbonyl (C=O) groups excluding carboxylic acids is 6. The monoisotopic (exact) mass is 2010 g/mol. The summed E-state index contributed by atoms with van der Waals surface area (Å²) in [5.41, 5.74) is 24.9. The summed E-state index contributed by atoms with van der Waals surface area (Å²) in [5, 5.41) is 7.51. The van der Waals surface area contributed by atoms with Gasteiger partial charge < -0.3 is 66.7 Å². The molecule has 0 unspecified atom stereocenters. The molecule has 13 rings (SSSR count). The Bertz CT molecular complexity index is 5840. The molecule has 0 heterocycles. The molecule has 0 radical (unpaired) electrons. The molecule has 1 N–H and O–H groups in total. The highest BCUT2D eigenvalue weighted by atomic mass is 32.2. The van der Waals surface area contributed by atoms with Crippen molar-refractivity contribution < 1.29 is 95.5 Å². The van der Waals surface area contributed by atoms with E-state index in [-0.39, 0.29) is 39.7 Å². The first-order valence-corrected chi connectivity index (χ1v) is 50.6. The van der Waals surface area contributed by atoms with E-state index in [0.717, 1.165) is 230 Å². The molecule has 736 valence electrons. The van der Waals surface area contributed by atoms with Gasteiger partial charge in [-0.25, -0.2) is 28.8 Å². The number of hydrogen-bond donors (Lipinski definition) is 2. The van der Waals surface area contributed by atoms with Gasteiger partial charge in [0.2, 0.25) is 0 Å². The highest BCUT2D eigenvalue weighted by molar-refractivity contribution is 8.14. The maximum Gasteiger partial charge on any atom is 0.371 e. The van der Waals surface area contributed by atoms with Gasteiger partial charge in [0.15, 0.2) is 0 Å². The van der Waals surface area contributed by atoms with Crippen LogP contribution in [0.25, 0.3) is 0 Å². The molecular weight excluding hydrogens is 1890 g/mol. The normalized spacial score (nSPS) is 11.0. The summed E-state index contributed by atoms with van der Waals surface area (Å²) in [4.78, 5) is 74.6. The molecule has 12 aromatic carbocycles. The zero-order chi connectivity index (χ0) is 101. The van der Waals surface area contributed by atoms with E-state index in [2.05, 4.69) is 109 Å². The Morgan fingerprint density at radius 3 is 0.827 bits per heavy atom. The van der Waals surface area contributed by atoms with Gasteiger partial charge in [0, 0.05) is 68.5 Å². The predicted molar refractivity (Wildman–Crippen MR) is 566 cm³/mol. The first kappa shape index (κ1) is 113. The minimum Gasteiger partial charge on any atom is -0.493 e. The van der Waals surface area contributed by atoms with E-state index in [0.29, 0.717) is 51.3 Å². The van der Waals surface area contributed by atoms with Crippen molar-refractivity contribution in [3.05, 3.63) is 346 Å². The molecule has 0 aliphatic heterocycles. The lowest BCUT2D eigenvalue weighted by Gasteiger charge is -2.16. The molecule has 27 heteroatoms. The van der Waals surface area contributed by atoms with Crippen molar-refractivity contribution in [2.45, 2.75) is 210 Å². The standard InChI is InChI=1S/C20H22O3S.C19H22O4S.C19H22O3S.C18H20O4S.C18H20O3S2.C18H20O3S/c1-13-7-10-18(14(2)11-13)23-12-17-16(15-8-9-15)5-4-6-19(17)24-20(21)22-3;1-5-22-17-7-6-8-18(24-19(20)21-4)15(17)12-23-16-10-9-13(2)11-14(16)3;1-5-15-7-6-8-18(23-19(20)21-4)16(15)12-22-17-10-9-13(2)11-14(17)3;1-12-7-8-16(13(2)9-12)22-11-15-14(10-19)5-4-6-17(15)23-18(20)21-3;1-12-7-8-16(13(2)9-12)21-10-15-14(11-22)5-4-6-17(15)23-18(19)20-3;1-12-8-9-16(14(3)10-12)21-11-15-13(2)6-5-7-17(15)22-18(19)20-4/h4-7,10-11,15H,8-9,12H2,1-3H3;6-11H,5,12H2,1-4H3;6-11H,5,12H2,1-4H3;4-9,19H,10-11H2,1-3H3;4-9,22H,10-11H2,1-3H3;5-10H,11H2,1-4H3. The highest BCUT2D eigenvalue weighted by Crippen LogP contribution is 2.45. The van der Waals surface area contributed by atoms with Crippen molar-refractivity contribution in [2.75, 3.05) is 49.3 Å². The number of benzene rings is 12. The Morgan fingerprint density at radius 1 is 0.281 bits per heavy atom. The van der Waals surface area contributed by atoms with Gasteiger partial charge in [0.05, 0.1) is 55.9 Å². The van der Waals surface area contributed by atoms with Gasteiger partial charge in [-0.15, -0.1) is 0 Å². The summed E-state index contributed by atoms with van der Waals surface area (Å²) in [6, 6.07) is 71.4. The molecule has 0 aromatic heterocycles. The maximum absolute atomic E-state index is 11.7. The third-order valence-corrected chi connectivity index (χ3v) is 27.7. The molecule has 0 saturated heterocycles. The predicted octanol–water partition coefficient (Wildman–Crippen LogP) is 30.5. The lowest BCUT2D eigenvalue weighted by Crippen LogP contribution is -2.04. The minimum atomic E-state index is -0.396. The fourth-order valence-corrected chi connectivity index (χ4v) is 19.0. The summed E-state index contributed by atoms with van der Waals surface area (Å²) >= 11 is 10.8. The number of aliphatic hydroxyl groups excluding tert-OH is 1. The maximum atomic E-state index is 11.7. The largest absolute Gasteiger partial charge is 0.493 e. The van der Waals surface area contributed by atoms with E-state index in [4.69, 9.17) is 61.6 Å². The number of aryl methyl sites for hydroxylation is 14. The molecule has 1 fully saturated rings. The topological polar surface area (TPSA) is 243 Å². The van der Waals surface area contributed by atoms with Crippen molar-refractivity contribution in [1.82, 2.24) is 0 Å². The lowest BCUT2D eigenvalue weighted by molar-refractivity contribution is 0.199. The molecular formula is C112H126O20S7. The number of hydrogen-bond acceptors (Lipinski definition) is 27. The van der Waals surface area contributed by atoms with Gasteiger partial charge in [-0.2, -0.15) is 12.6 Å². The van der Waals surface area contributed by atoms with Gasteiger partial charge in [0.1, 0.15) is 79.9 Å². The number of ether oxygens (including phenoxy) is 13. The Balaban J connectivity index is 0.000000205. The summed E-state index contributed by atoms with van der Waals surface area (Å²) in [6.45, 7) is 33.3. The SMILES string of the molecule is CCOc1cccc(SC(=O)OC)c1COc1ccc(C)cc1C.CCc1cccc(SC(=O)OC)c1COc1ccc(C)cc1C.COC(=O)Sc1cccc(C)c1COc1ccc(C)cc1C.COC(=O)Sc1cccc(C2CC2)c1COc1ccc(C)cc1C.COC(=O)Sc1cccc(CO)c1COc1ccc(C)cc1C.COC(=O)Sc1cccc(CS)c1COc1ccc(C)cc1C. The third kappa shape index (κ3) is 36.3. The molecule has 1 aliphatic rings. The zero-order valence-corrected chi connectivity index (χ0v) is 88.7. The molecule has 139 heavy (non-hydrogen) atoms. The van der Waals surface area contributed by atoms with Crippen LogP contribution in [0.15, 0.2) is 248 Å². The Morgan fingerprint density at radius 2 is 0.532 bits per heavy atom. The van der Waals surface area contributed by atoms with Crippen LogP contribution in [0.1, 0.15) is 161 Å². The Kier molecular flexibility index (Phi) is 47.5. The van der Waals surface area contributed by atoms with Crippen LogP contribution in [-0.4, -0.2) is 86.2 Å². The van der Waals surface area contributed by atoms with Crippen LogP contribution in [0, 0.1) is 90.0 Å². The van der Waals surface area contributed by atoms with E-state index >= 15 is 0 Å². The molecule has 1 saturated carbocycles. The fraction of sp³-hybridized carbons (Fsp3) is 0.304. The second-order valence-corrected chi connectivity index (χ2v) is 38.5. The van der Waals surface area contributed by atoms with Gasteiger partial charge in [-0.05, 0) is 333 Å². The van der Waals surface area contributed by atoms with E-state index in [1.807, 2.05) is 220 Å². The molecule has 0 bridgehead atoms. The van der Waals surface area contributed by atoms with Crippen LogP contribution in [0.3, 0.4) is 0 Å². The van der Waals surface area contributed by atoms with Gasteiger partial charge in [0.25, 0.3) is 0 Å². The first-order valence-electron chi connectivity index (χ1n) is 45.0. The molecule has 0 spiro atoms. The van der Waals surface area contributed by atoms with E-state index < -0.39 is 5.30 Å². The second-order valence-electron chi connectivity index (χ2n) is 32.3. The van der Waals surface area contributed by atoms with Crippen molar-refractivity contribution in [2.24, 2.45) is 0 Å². The summed E-state index contributed by atoms with van der Waals surface area (Å²) in [5.74, 6) is 6.98. The summed E-state index contributed by atoms with van der Waals surface area (Å²) in [6.07, 6.45) is 3.31. The number of methoxy groups -OCH3 is 6. The number of aliphatic hydroxyl groups is 1. The number of thiol groups is 1. The van der Waals surface area contributed by atoms with Crippen molar-refractivity contribution >= 4 is 115 Å². The van der Waals surface area contributed by atoms with Crippen LogP contribution < -0.4 is 33.2 Å². The summed E-state index contributed by atoms with van der Waals surface area (Å²) < 4.78 is 70.1. The van der Waals surface area contributed by atoms with Crippen LogP contribution in [-0.2, 0) is 86.8 Å². The minimum absolute atomic E-state index is 0.110. The van der Waals surface area contributed by atoms with Crippen LogP contribution >= 0.6 is 83.2 Å². The number of thioether (sulfide) groups is 6. The molecule has 1 aliphatic carbocycles. The van der Waals surface area contributed by atoms with Crippen molar-refractivity contribution in [3.63, 3.8) is 0 Å². The van der Waals surface area contributed by atoms with Gasteiger partial charge >= 0.3 is 31.8 Å². The average Bonchev–Trinajstić information content (AvgIpc) is 1.67. The lowest BCUT2D eigenvalue weighted by atomic mass is 10.0. The molecule has 20 nitrogen and oxygen atoms in total. The Hall–Kier alpha value is -11.5. The summed E-state index contributed by atoms with van der Waals surface area (Å²) in [7, 11) is 8.28. The Labute approximate surface area is 850 Å². The fourth-order valence-electron chi connectivity index (χ4n) is 14.3. The highest BCUT2D eigenvalue weighted by Gasteiger charge is 2.29. The molecule has 12 aromatic rings. The van der Waals surface area contributed by atoms with Crippen LogP contribution in [0.4, 0.5) is 28.8 Å². The van der Waals surface area contributed by atoms with Gasteiger partial charge in [-0.3, -0.25) is 0 Å². The van der Waals surface area contributed by atoms with Crippen molar-refractivity contribution in [3.8, 4) is 40.2 Å². The van der Waals surface area contributed by atoms with E-state index in [1.54, 1.807) is 6.07 Å². The zero-order valence-electron chi connectivity index (χ0n) is 82.9. The number of carbonyl (C=O) groups is 6. The van der Waals surface area contributed by atoms with E-state index in [1.165, 1.54) is 100 Å². The van der Waals surface area contributed by atoms with Gasteiger partial charge in [-0.1, -0.05) is 180 Å². The quantitative estimate of drug-likeness (QED) is 0.0184. The molecule has 0 amide bonds. The van der Waals surface area contributed by atoms with Crippen LogP contribution in [0.2, 0.25) is 0 Å².